The van der Waals surface area contributed by atoms with E-state index in [-0.39, 0.29) is 12.0 Å². The Morgan fingerprint density at radius 2 is 2.22 bits per heavy atom. The van der Waals surface area contributed by atoms with Gasteiger partial charge in [-0.1, -0.05) is 6.42 Å². The van der Waals surface area contributed by atoms with Gasteiger partial charge in [-0.05, 0) is 51.1 Å². The van der Waals surface area contributed by atoms with Gasteiger partial charge in [-0.2, -0.15) is 5.10 Å². The van der Waals surface area contributed by atoms with E-state index in [1.807, 2.05) is 11.9 Å². The van der Waals surface area contributed by atoms with Crippen LogP contribution in [0, 0.1) is 0 Å². The number of hydrogen-bond donors (Lipinski definition) is 2. The predicted molar refractivity (Wildman–Crippen MR) is 88.2 cm³/mol. The normalized spacial score (nSPS) is 21.2. The van der Waals surface area contributed by atoms with Gasteiger partial charge in [0.1, 0.15) is 0 Å². The van der Waals surface area contributed by atoms with E-state index in [2.05, 4.69) is 15.5 Å². The van der Waals surface area contributed by atoms with Crippen molar-refractivity contribution >= 4 is 5.91 Å². The quantitative estimate of drug-likeness (QED) is 0.778. The molecule has 1 fully saturated rings. The summed E-state index contributed by atoms with van der Waals surface area (Å²) in [5.74, 6) is 0.0598. The third-order valence-corrected chi connectivity index (χ3v) is 4.78. The molecule has 128 valence electrons. The van der Waals surface area contributed by atoms with Gasteiger partial charge in [-0.15, -0.1) is 0 Å². The number of rotatable bonds is 6. The number of amides is 1. The lowest BCUT2D eigenvalue weighted by molar-refractivity contribution is -0.122. The lowest BCUT2D eigenvalue weighted by Gasteiger charge is -2.17. The maximum absolute atomic E-state index is 12.0. The van der Waals surface area contributed by atoms with Crippen molar-refractivity contribution in [3.05, 3.63) is 17.0 Å². The molecule has 1 aromatic heterocycles. The highest BCUT2D eigenvalue weighted by atomic mass is 16.5. The largest absolute Gasteiger partial charge is 0.376 e. The van der Waals surface area contributed by atoms with Crippen molar-refractivity contribution < 1.29 is 9.53 Å². The molecule has 1 amide bonds. The first-order chi connectivity index (χ1) is 11.2. The van der Waals surface area contributed by atoms with E-state index in [9.17, 15) is 4.79 Å². The first kappa shape index (κ1) is 16.5. The highest BCUT2D eigenvalue weighted by Gasteiger charge is 2.19. The van der Waals surface area contributed by atoms with Crippen LogP contribution in [0.15, 0.2) is 0 Å². The van der Waals surface area contributed by atoms with Gasteiger partial charge >= 0.3 is 0 Å². The summed E-state index contributed by atoms with van der Waals surface area (Å²) in [6, 6.07) is 0. The number of fused-ring (bicyclic) bond motifs is 1. The number of nitrogens with one attached hydrogen (secondary N) is 2. The van der Waals surface area contributed by atoms with Crippen LogP contribution in [0.4, 0.5) is 0 Å². The summed E-state index contributed by atoms with van der Waals surface area (Å²) < 4.78 is 5.53. The SMILES string of the molecule is CN(CC(=O)NCC1CCCO1)Cc1n[nH]c2c1CCCCC2. The van der Waals surface area contributed by atoms with Crippen molar-refractivity contribution in [3.8, 4) is 0 Å². The van der Waals surface area contributed by atoms with E-state index in [1.54, 1.807) is 0 Å². The summed E-state index contributed by atoms with van der Waals surface area (Å²) >= 11 is 0. The molecule has 0 saturated carbocycles. The summed E-state index contributed by atoms with van der Waals surface area (Å²) in [6.07, 6.45) is 8.35. The lowest BCUT2D eigenvalue weighted by Crippen LogP contribution is -2.38. The molecule has 0 aromatic carbocycles. The minimum absolute atomic E-state index is 0.0598. The number of H-pyrrole nitrogens is 1. The standard InChI is InChI=1S/C17H28N4O2/c1-21(12-17(22)18-10-13-6-5-9-23-13)11-16-14-7-3-2-4-8-15(14)19-20-16/h13H,2-12H2,1H3,(H,18,22)(H,19,20). The van der Waals surface area contributed by atoms with Crippen molar-refractivity contribution in [1.29, 1.82) is 0 Å². The zero-order chi connectivity index (χ0) is 16.1. The van der Waals surface area contributed by atoms with Crippen LogP contribution in [0.5, 0.6) is 0 Å². The molecule has 1 aromatic rings. The molecule has 1 saturated heterocycles. The molecule has 3 rings (SSSR count). The third-order valence-electron chi connectivity index (χ3n) is 4.78. The van der Waals surface area contributed by atoms with Gasteiger partial charge in [0.25, 0.3) is 0 Å². The van der Waals surface area contributed by atoms with Crippen LogP contribution in [0.3, 0.4) is 0 Å². The van der Waals surface area contributed by atoms with E-state index in [0.29, 0.717) is 13.1 Å². The predicted octanol–water partition coefficient (Wildman–Crippen LogP) is 1.41. The fraction of sp³-hybridized carbons (Fsp3) is 0.765. The summed E-state index contributed by atoms with van der Waals surface area (Å²) in [5, 5.41) is 10.6. The monoisotopic (exact) mass is 320 g/mol. The summed E-state index contributed by atoms with van der Waals surface area (Å²) in [6.45, 7) is 2.57. The molecule has 23 heavy (non-hydrogen) atoms. The number of likely N-dealkylation sites (N-methyl/N-ethyl adjacent to an activating group) is 1. The summed E-state index contributed by atoms with van der Waals surface area (Å²) in [7, 11) is 1.98. The van der Waals surface area contributed by atoms with Crippen LogP contribution in [0.2, 0.25) is 0 Å². The fourth-order valence-corrected chi connectivity index (χ4v) is 3.50. The van der Waals surface area contributed by atoms with Gasteiger partial charge in [0.2, 0.25) is 5.91 Å². The third kappa shape index (κ3) is 4.54. The molecule has 2 N–H and O–H groups in total. The molecule has 1 unspecified atom stereocenters. The average molecular weight is 320 g/mol. The number of aryl methyl sites for hydroxylation is 1. The number of carbonyl (C=O) groups excluding carboxylic acids is 1. The number of carbonyl (C=O) groups is 1. The van der Waals surface area contributed by atoms with Crippen molar-refractivity contribution in [3.63, 3.8) is 0 Å². The maximum atomic E-state index is 12.0. The van der Waals surface area contributed by atoms with E-state index >= 15 is 0 Å². The Hall–Kier alpha value is -1.40. The lowest BCUT2D eigenvalue weighted by atomic mass is 10.1. The Kier molecular flexibility index (Phi) is 5.67. The Balaban J connectivity index is 1.46. The smallest absolute Gasteiger partial charge is 0.234 e. The topological polar surface area (TPSA) is 70.2 Å². The molecule has 1 aliphatic carbocycles. The first-order valence-electron chi connectivity index (χ1n) is 8.84. The minimum atomic E-state index is 0.0598. The van der Waals surface area contributed by atoms with Crippen LogP contribution in [0.25, 0.3) is 0 Å². The second-order valence-corrected chi connectivity index (χ2v) is 6.80. The Bertz CT molecular complexity index is 523. The molecule has 2 aliphatic rings. The molecule has 6 nitrogen and oxygen atoms in total. The summed E-state index contributed by atoms with van der Waals surface area (Å²) in [4.78, 5) is 14.1. The number of aromatic amines is 1. The van der Waals surface area contributed by atoms with Gasteiger partial charge in [0, 0.05) is 25.4 Å². The van der Waals surface area contributed by atoms with Crippen LogP contribution < -0.4 is 5.32 Å². The van der Waals surface area contributed by atoms with Crippen LogP contribution >= 0.6 is 0 Å². The molecule has 6 heteroatoms. The number of ether oxygens (including phenoxy) is 1. The fourth-order valence-electron chi connectivity index (χ4n) is 3.50. The Morgan fingerprint density at radius 1 is 1.35 bits per heavy atom. The zero-order valence-corrected chi connectivity index (χ0v) is 14.1. The second-order valence-electron chi connectivity index (χ2n) is 6.80. The van der Waals surface area contributed by atoms with E-state index in [1.165, 1.54) is 30.5 Å². The number of nitrogens with zero attached hydrogens (tertiary/aromatic N) is 2. The highest BCUT2D eigenvalue weighted by Crippen LogP contribution is 2.22. The Labute approximate surface area is 138 Å². The molecule has 1 aliphatic heterocycles. The zero-order valence-electron chi connectivity index (χ0n) is 14.1. The Morgan fingerprint density at radius 3 is 3.04 bits per heavy atom. The second kappa shape index (κ2) is 7.93. The van der Waals surface area contributed by atoms with Crippen LogP contribution in [-0.2, 0) is 28.9 Å². The van der Waals surface area contributed by atoms with Crippen LogP contribution in [0.1, 0.15) is 49.1 Å². The average Bonchev–Trinajstić information content (AvgIpc) is 3.10. The van der Waals surface area contributed by atoms with Gasteiger partial charge in [-0.25, -0.2) is 0 Å². The van der Waals surface area contributed by atoms with Crippen molar-refractivity contribution in [1.82, 2.24) is 20.4 Å². The summed E-state index contributed by atoms with van der Waals surface area (Å²) in [5.41, 5.74) is 3.79. The number of aromatic nitrogens is 2. The van der Waals surface area contributed by atoms with Crippen LogP contribution in [-0.4, -0.2) is 53.9 Å². The van der Waals surface area contributed by atoms with Crippen molar-refractivity contribution in [2.45, 2.75) is 57.6 Å². The van der Waals surface area contributed by atoms with E-state index in [4.69, 9.17) is 4.74 Å². The minimum Gasteiger partial charge on any atom is -0.376 e. The molecule has 0 radical (unpaired) electrons. The molecular weight excluding hydrogens is 292 g/mol. The van der Waals surface area contributed by atoms with Crippen molar-refractivity contribution in [2.75, 3.05) is 26.7 Å². The molecular formula is C17H28N4O2. The molecule has 0 bridgehead atoms. The van der Waals surface area contributed by atoms with E-state index in [0.717, 1.165) is 44.5 Å². The number of hydrogen-bond acceptors (Lipinski definition) is 4. The van der Waals surface area contributed by atoms with Crippen molar-refractivity contribution in [2.24, 2.45) is 0 Å². The van der Waals surface area contributed by atoms with Gasteiger partial charge in [0.15, 0.2) is 0 Å². The first-order valence-corrected chi connectivity index (χ1v) is 8.84. The van der Waals surface area contributed by atoms with Gasteiger partial charge in [0.05, 0.1) is 18.3 Å². The van der Waals surface area contributed by atoms with Gasteiger partial charge < -0.3 is 10.1 Å². The highest BCUT2D eigenvalue weighted by molar-refractivity contribution is 5.78. The van der Waals surface area contributed by atoms with Gasteiger partial charge in [-0.3, -0.25) is 14.8 Å². The van der Waals surface area contributed by atoms with E-state index < -0.39 is 0 Å². The maximum Gasteiger partial charge on any atom is 0.234 e. The molecule has 2 heterocycles. The molecule has 0 spiro atoms. The molecule has 1 atom stereocenters.